The van der Waals surface area contributed by atoms with Crippen LogP contribution in [0.4, 0.5) is 0 Å². The van der Waals surface area contributed by atoms with Crippen molar-refractivity contribution < 1.29 is 0 Å². The summed E-state index contributed by atoms with van der Waals surface area (Å²) in [5.41, 5.74) is 0. The van der Waals surface area contributed by atoms with Gasteiger partial charge in [0, 0.05) is 43.7 Å². The van der Waals surface area contributed by atoms with Gasteiger partial charge in [0.15, 0.2) is 5.96 Å². The third-order valence-corrected chi connectivity index (χ3v) is 5.99. The molecule has 0 radical (unpaired) electrons. The van der Waals surface area contributed by atoms with Gasteiger partial charge in [-0.3, -0.25) is 4.99 Å². The number of rotatable bonds is 7. The molecule has 130 valence electrons. The minimum atomic E-state index is 0.638. The quantitative estimate of drug-likeness (QED) is 0.442. The Morgan fingerprint density at radius 3 is 2.64 bits per heavy atom. The number of guanidine groups is 1. The summed E-state index contributed by atoms with van der Waals surface area (Å²) >= 11 is 2.11. The maximum Gasteiger partial charge on any atom is 0.193 e. The molecule has 1 atom stereocenters. The second-order valence-corrected chi connectivity index (χ2v) is 8.20. The first-order valence-corrected chi connectivity index (χ1v) is 9.78. The summed E-state index contributed by atoms with van der Waals surface area (Å²) in [5.74, 6) is 3.03. The molecular formula is C17H36N4S. The van der Waals surface area contributed by atoms with Gasteiger partial charge in [0.1, 0.15) is 0 Å². The van der Waals surface area contributed by atoms with Gasteiger partial charge in [0.25, 0.3) is 0 Å². The van der Waals surface area contributed by atoms with E-state index in [9.17, 15) is 0 Å². The largest absolute Gasteiger partial charge is 0.356 e. The standard InChI is InChI=1S/C17H36N4S/c1-14(2)16-13-21(11-12-22-16)17(18-5)19-9-7-8-10-20(6)15(3)4/h14-16H,7-13H2,1-6H3,(H,18,19). The van der Waals surface area contributed by atoms with E-state index < -0.39 is 0 Å². The zero-order valence-corrected chi connectivity index (χ0v) is 16.2. The van der Waals surface area contributed by atoms with E-state index in [1.807, 2.05) is 7.05 Å². The summed E-state index contributed by atoms with van der Waals surface area (Å²) in [6, 6.07) is 0.638. The maximum absolute atomic E-state index is 4.48. The van der Waals surface area contributed by atoms with Gasteiger partial charge < -0.3 is 15.1 Å². The molecule has 0 spiro atoms. The summed E-state index contributed by atoms with van der Waals surface area (Å²) < 4.78 is 0. The number of thioether (sulfide) groups is 1. The average molecular weight is 329 g/mol. The monoisotopic (exact) mass is 328 g/mol. The topological polar surface area (TPSA) is 30.9 Å². The van der Waals surface area contributed by atoms with E-state index in [0.717, 1.165) is 36.8 Å². The number of aliphatic imine (C=N–C) groups is 1. The highest BCUT2D eigenvalue weighted by Gasteiger charge is 2.24. The predicted octanol–water partition coefficient (Wildman–Crippen LogP) is 2.76. The molecule has 1 N–H and O–H groups in total. The fourth-order valence-electron chi connectivity index (χ4n) is 2.55. The van der Waals surface area contributed by atoms with Gasteiger partial charge in [0.05, 0.1) is 0 Å². The zero-order chi connectivity index (χ0) is 16.5. The molecule has 0 aromatic carbocycles. The average Bonchev–Trinajstić information content (AvgIpc) is 2.50. The molecule has 0 aliphatic carbocycles. The molecule has 22 heavy (non-hydrogen) atoms. The fourth-order valence-corrected chi connectivity index (χ4v) is 3.85. The molecule has 0 amide bonds. The van der Waals surface area contributed by atoms with Crippen LogP contribution in [0.2, 0.25) is 0 Å². The molecule has 4 nitrogen and oxygen atoms in total. The van der Waals surface area contributed by atoms with Gasteiger partial charge in [-0.25, -0.2) is 0 Å². The van der Waals surface area contributed by atoms with Crippen LogP contribution in [-0.4, -0.2) is 73.1 Å². The SMILES string of the molecule is CN=C(NCCCCN(C)C(C)C)N1CCSC(C(C)C)C1. The van der Waals surface area contributed by atoms with Crippen molar-refractivity contribution in [2.45, 2.75) is 51.8 Å². The Morgan fingerprint density at radius 2 is 2.05 bits per heavy atom. The summed E-state index contributed by atoms with van der Waals surface area (Å²) in [5, 5.41) is 4.28. The molecule has 1 aliphatic heterocycles. The van der Waals surface area contributed by atoms with Gasteiger partial charge in [0.2, 0.25) is 0 Å². The van der Waals surface area contributed by atoms with E-state index in [1.54, 1.807) is 0 Å². The molecule has 0 bridgehead atoms. The highest BCUT2D eigenvalue weighted by molar-refractivity contribution is 8.00. The van der Waals surface area contributed by atoms with Gasteiger partial charge in [-0.15, -0.1) is 0 Å². The number of unbranched alkanes of at least 4 members (excludes halogenated alkanes) is 1. The molecule has 5 heteroatoms. The van der Waals surface area contributed by atoms with Crippen LogP contribution in [0.15, 0.2) is 4.99 Å². The van der Waals surface area contributed by atoms with Gasteiger partial charge >= 0.3 is 0 Å². The Balaban J connectivity index is 2.28. The predicted molar refractivity (Wildman–Crippen MR) is 101 cm³/mol. The van der Waals surface area contributed by atoms with Crippen molar-refractivity contribution in [2.75, 3.05) is 46.0 Å². The summed E-state index contributed by atoms with van der Waals surface area (Å²) in [6.45, 7) is 13.6. The smallest absolute Gasteiger partial charge is 0.193 e. The number of hydrogen-bond acceptors (Lipinski definition) is 3. The molecule has 1 unspecified atom stereocenters. The molecule has 1 aliphatic rings. The Hall–Kier alpha value is -0.420. The highest BCUT2D eigenvalue weighted by Crippen LogP contribution is 2.24. The number of hydrogen-bond donors (Lipinski definition) is 1. The first-order valence-electron chi connectivity index (χ1n) is 8.73. The van der Waals surface area contributed by atoms with Crippen molar-refractivity contribution in [2.24, 2.45) is 10.9 Å². The fraction of sp³-hybridized carbons (Fsp3) is 0.941. The van der Waals surface area contributed by atoms with E-state index >= 15 is 0 Å². The van der Waals surface area contributed by atoms with E-state index in [0.29, 0.717) is 6.04 Å². The molecule has 1 rings (SSSR count). The van der Waals surface area contributed by atoms with Gasteiger partial charge in [-0.05, 0) is 46.2 Å². The highest BCUT2D eigenvalue weighted by atomic mass is 32.2. The lowest BCUT2D eigenvalue weighted by atomic mass is 10.1. The number of nitrogens with zero attached hydrogens (tertiary/aromatic N) is 3. The van der Waals surface area contributed by atoms with Crippen LogP contribution in [-0.2, 0) is 0 Å². The molecule has 0 saturated carbocycles. The Kier molecular flexibility index (Phi) is 9.25. The molecule has 1 heterocycles. The van der Waals surface area contributed by atoms with Crippen molar-refractivity contribution in [1.82, 2.24) is 15.1 Å². The summed E-state index contributed by atoms with van der Waals surface area (Å²) in [6.07, 6.45) is 2.44. The first kappa shape index (κ1) is 19.6. The molecule has 0 aromatic heterocycles. The maximum atomic E-state index is 4.48. The van der Waals surface area contributed by atoms with Crippen molar-refractivity contribution in [3.8, 4) is 0 Å². The van der Waals surface area contributed by atoms with Crippen molar-refractivity contribution in [1.29, 1.82) is 0 Å². The summed E-state index contributed by atoms with van der Waals surface area (Å²) in [4.78, 5) is 9.32. The molecule has 1 fully saturated rings. The molecular weight excluding hydrogens is 292 g/mol. The van der Waals surface area contributed by atoms with Crippen LogP contribution < -0.4 is 5.32 Å². The van der Waals surface area contributed by atoms with Crippen molar-refractivity contribution in [3.05, 3.63) is 0 Å². The van der Waals surface area contributed by atoms with Crippen LogP contribution in [0, 0.1) is 5.92 Å². The number of nitrogens with one attached hydrogen (secondary N) is 1. The third kappa shape index (κ3) is 6.78. The van der Waals surface area contributed by atoms with E-state index in [1.165, 1.54) is 25.1 Å². The lowest BCUT2D eigenvalue weighted by Crippen LogP contribution is -2.49. The van der Waals surface area contributed by atoms with Gasteiger partial charge in [-0.2, -0.15) is 11.8 Å². The van der Waals surface area contributed by atoms with Crippen LogP contribution >= 0.6 is 11.8 Å². The van der Waals surface area contributed by atoms with Crippen LogP contribution in [0.1, 0.15) is 40.5 Å². The Bertz CT molecular complexity index is 331. The Labute approximate surface area is 142 Å². The zero-order valence-electron chi connectivity index (χ0n) is 15.4. The van der Waals surface area contributed by atoms with E-state index in [2.05, 4.69) is 66.6 Å². The van der Waals surface area contributed by atoms with E-state index in [-0.39, 0.29) is 0 Å². The molecule has 0 aromatic rings. The lowest BCUT2D eigenvalue weighted by Gasteiger charge is -2.36. The van der Waals surface area contributed by atoms with Gasteiger partial charge in [-0.1, -0.05) is 13.8 Å². The minimum absolute atomic E-state index is 0.638. The van der Waals surface area contributed by atoms with Crippen molar-refractivity contribution in [3.63, 3.8) is 0 Å². The van der Waals surface area contributed by atoms with E-state index in [4.69, 9.17) is 0 Å². The second kappa shape index (κ2) is 10.4. The summed E-state index contributed by atoms with van der Waals surface area (Å²) in [7, 11) is 4.11. The second-order valence-electron chi connectivity index (χ2n) is 6.85. The van der Waals surface area contributed by atoms with Crippen molar-refractivity contribution >= 4 is 17.7 Å². The Morgan fingerprint density at radius 1 is 1.32 bits per heavy atom. The van der Waals surface area contributed by atoms with Crippen LogP contribution in [0.5, 0.6) is 0 Å². The van der Waals surface area contributed by atoms with Crippen LogP contribution in [0.25, 0.3) is 0 Å². The minimum Gasteiger partial charge on any atom is -0.356 e. The normalized spacial score (nSPS) is 20.3. The lowest BCUT2D eigenvalue weighted by molar-refractivity contribution is 0.268. The molecule has 1 saturated heterocycles. The third-order valence-electron chi connectivity index (χ3n) is 4.45. The van der Waals surface area contributed by atoms with Crippen LogP contribution in [0.3, 0.4) is 0 Å². The first-order chi connectivity index (χ1) is 10.5.